The second-order valence-corrected chi connectivity index (χ2v) is 8.36. The summed E-state index contributed by atoms with van der Waals surface area (Å²) in [6.45, 7) is 8.03. The summed E-state index contributed by atoms with van der Waals surface area (Å²) in [5.41, 5.74) is 0.0521. The Labute approximate surface area is 139 Å². The molecule has 1 N–H and O–H groups in total. The van der Waals surface area contributed by atoms with Gasteiger partial charge in [-0.3, -0.25) is 0 Å². The third-order valence-corrected chi connectivity index (χ3v) is 6.41. The number of hydrogen-bond donors (Lipinski definition) is 1. The van der Waals surface area contributed by atoms with Gasteiger partial charge in [-0.1, -0.05) is 0 Å². The smallest absolute Gasteiger partial charge is 0.320 e. The normalized spacial score (nSPS) is 40.7. The third kappa shape index (κ3) is 2.66. The van der Waals surface area contributed by atoms with Gasteiger partial charge in [0.25, 0.3) is 0 Å². The van der Waals surface area contributed by atoms with E-state index < -0.39 is 0 Å². The molecule has 1 saturated carbocycles. The highest BCUT2D eigenvalue weighted by atomic mass is 16.5. The highest BCUT2D eigenvalue weighted by Crippen LogP contribution is 2.47. The molecule has 0 radical (unpaired) electrons. The van der Waals surface area contributed by atoms with Gasteiger partial charge in [-0.25, -0.2) is 4.79 Å². The first-order valence-corrected chi connectivity index (χ1v) is 9.52. The van der Waals surface area contributed by atoms with Crippen LogP contribution in [0.4, 0.5) is 4.79 Å². The first kappa shape index (κ1) is 15.7. The molecule has 3 heterocycles. The average molecular weight is 321 g/mol. The summed E-state index contributed by atoms with van der Waals surface area (Å²) < 4.78 is 5.78. The van der Waals surface area contributed by atoms with E-state index in [0.717, 1.165) is 51.4 Å². The minimum Gasteiger partial charge on any atom is -0.376 e. The van der Waals surface area contributed by atoms with Crippen LogP contribution in [0.15, 0.2) is 0 Å². The van der Waals surface area contributed by atoms with Gasteiger partial charge in [-0.05, 0) is 64.8 Å². The number of carbonyl (C=O) groups is 1. The molecule has 0 aromatic carbocycles. The molecule has 3 aliphatic heterocycles. The van der Waals surface area contributed by atoms with Crippen LogP contribution in [-0.4, -0.2) is 65.8 Å². The Hall–Kier alpha value is -0.810. The summed E-state index contributed by atoms with van der Waals surface area (Å²) in [6.07, 6.45) is 7.41. The lowest BCUT2D eigenvalue weighted by Gasteiger charge is -2.36. The third-order valence-electron chi connectivity index (χ3n) is 6.41. The van der Waals surface area contributed by atoms with Crippen molar-refractivity contribution in [1.29, 1.82) is 0 Å². The van der Waals surface area contributed by atoms with Crippen molar-refractivity contribution in [2.45, 2.75) is 76.1 Å². The molecule has 5 heteroatoms. The molecule has 5 nitrogen and oxygen atoms in total. The average Bonchev–Trinajstić information content (AvgIpc) is 3.18. The Balaban J connectivity index is 1.54. The first-order valence-electron chi connectivity index (χ1n) is 9.52. The van der Waals surface area contributed by atoms with Crippen LogP contribution >= 0.6 is 0 Å². The molecule has 1 spiro atoms. The van der Waals surface area contributed by atoms with Gasteiger partial charge in [0.2, 0.25) is 0 Å². The lowest BCUT2D eigenvalue weighted by Crippen LogP contribution is -2.49. The molecule has 3 saturated heterocycles. The number of ether oxygens (including phenoxy) is 1. The van der Waals surface area contributed by atoms with E-state index in [1.165, 1.54) is 19.3 Å². The predicted octanol–water partition coefficient (Wildman–Crippen LogP) is 2.21. The minimum atomic E-state index is 0.0521. The van der Waals surface area contributed by atoms with E-state index in [9.17, 15) is 4.79 Å². The molecule has 4 unspecified atom stereocenters. The molecule has 4 atom stereocenters. The zero-order valence-corrected chi connectivity index (χ0v) is 14.6. The Morgan fingerprint density at radius 2 is 2.17 bits per heavy atom. The maximum atomic E-state index is 13.1. The fourth-order valence-electron chi connectivity index (χ4n) is 5.61. The van der Waals surface area contributed by atoms with Gasteiger partial charge in [0, 0.05) is 31.8 Å². The summed E-state index contributed by atoms with van der Waals surface area (Å²) in [5, 5.41) is 3.71. The zero-order chi connectivity index (χ0) is 16.0. The number of piperidine rings is 1. The lowest BCUT2D eigenvalue weighted by atomic mass is 9.91. The van der Waals surface area contributed by atoms with E-state index in [4.69, 9.17) is 4.74 Å². The number of nitrogens with one attached hydrogen (secondary N) is 1. The van der Waals surface area contributed by atoms with E-state index in [0.29, 0.717) is 6.04 Å². The summed E-state index contributed by atoms with van der Waals surface area (Å²) in [7, 11) is 0. The number of nitrogens with zero attached hydrogens (tertiary/aromatic N) is 2. The molecule has 2 amide bonds. The first-order chi connectivity index (χ1) is 11.1. The number of rotatable bonds is 3. The molecule has 4 rings (SSSR count). The van der Waals surface area contributed by atoms with E-state index in [-0.39, 0.29) is 23.7 Å². The van der Waals surface area contributed by atoms with Crippen molar-refractivity contribution in [3.8, 4) is 0 Å². The number of amides is 2. The van der Waals surface area contributed by atoms with Crippen LogP contribution in [0.3, 0.4) is 0 Å². The zero-order valence-electron chi connectivity index (χ0n) is 14.6. The predicted molar refractivity (Wildman–Crippen MR) is 89.4 cm³/mol. The fraction of sp³-hybridized carbons (Fsp3) is 0.944. The van der Waals surface area contributed by atoms with Crippen molar-refractivity contribution in [2.75, 3.05) is 26.2 Å². The van der Waals surface area contributed by atoms with E-state index in [1.54, 1.807) is 0 Å². The molecule has 0 bridgehead atoms. The molecular weight excluding hydrogens is 290 g/mol. The molecule has 0 aromatic heterocycles. The van der Waals surface area contributed by atoms with Gasteiger partial charge >= 0.3 is 6.03 Å². The van der Waals surface area contributed by atoms with Gasteiger partial charge in [-0.2, -0.15) is 0 Å². The summed E-state index contributed by atoms with van der Waals surface area (Å²) >= 11 is 0. The fourth-order valence-corrected chi connectivity index (χ4v) is 5.61. The molecule has 23 heavy (non-hydrogen) atoms. The number of hydrogen-bond acceptors (Lipinski definition) is 3. The van der Waals surface area contributed by atoms with E-state index in [2.05, 4.69) is 29.0 Å². The Morgan fingerprint density at radius 1 is 1.30 bits per heavy atom. The van der Waals surface area contributed by atoms with Crippen molar-refractivity contribution in [1.82, 2.24) is 15.1 Å². The SMILES string of the molecule is CC(C)N1C(=O)N(CC2CCCO2)CC12CC1CCCNC1C2. The highest BCUT2D eigenvalue weighted by molar-refractivity contribution is 5.78. The Kier molecular flexibility index (Phi) is 4.04. The minimum absolute atomic E-state index is 0.0521. The van der Waals surface area contributed by atoms with Gasteiger partial charge in [0.1, 0.15) is 0 Å². The van der Waals surface area contributed by atoms with Crippen LogP contribution in [0.2, 0.25) is 0 Å². The van der Waals surface area contributed by atoms with Crippen molar-refractivity contribution in [2.24, 2.45) is 5.92 Å². The molecule has 4 aliphatic rings. The molecule has 4 fully saturated rings. The lowest BCUT2D eigenvalue weighted by molar-refractivity contribution is 0.0848. The van der Waals surface area contributed by atoms with Crippen LogP contribution in [0.5, 0.6) is 0 Å². The summed E-state index contributed by atoms with van der Waals surface area (Å²) in [4.78, 5) is 17.4. The standard InChI is InChI=1S/C18H31N3O2/c1-13(2)21-17(22)20(11-15-6-4-8-23-15)12-18(21)9-14-5-3-7-19-16(14)10-18/h13-16,19H,3-12H2,1-2H3. The van der Waals surface area contributed by atoms with Crippen molar-refractivity contribution < 1.29 is 9.53 Å². The van der Waals surface area contributed by atoms with Gasteiger partial charge in [-0.15, -0.1) is 0 Å². The van der Waals surface area contributed by atoms with Crippen LogP contribution in [0.25, 0.3) is 0 Å². The molecule has 0 aromatic rings. The molecule has 130 valence electrons. The summed E-state index contributed by atoms with van der Waals surface area (Å²) in [6, 6.07) is 1.13. The second kappa shape index (κ2) is 5.92. The van der Waals surface area contributed by atoms with E-state index in [1.807, 2.05) is 0 Å². The second-order valence-electron chi connectivity index (χ2n) is 8.36. The van der Waals surface area contributed by atoms with Crippen molar-refractivity contribution in [3.63, 3.8) is 0 Å². The van der Waals surface area contributed by atoms with Crippen LogP contribution < -0.4 is 5.32 Å². The van der Waals surface area contributed by atoms with E-state index >= 15 is 0 Å². The number of carbonyl (C=O) groups excluding carboxylic acids is 1. The van der Waals surface area contributed by atoms with Crippen molar-refractivity contribution in [3.05, 3.63) is 0 Å². The quantitative estimate of drug-likeness (QED) is 0.867. The van der Waals surface area contributed by atoms with Crippen LogP contribution in [0.1, 0.15) is 52.4 Å². The van der Waals surface area contributed by atoms with Crippen LogP contribution in [-0.2, 0) is 4.74 Å². The molecule has 1 aliphatic carbocycles. The largest absolute Gasteiger partial charge is 0.376 e. The Bertz CT molecular complexity index is 447. The monoisotopic (exact) mass is 321 g/mol. The number of urea groups is 1. The van der Waals surface area contributed by atoms with Crippen molar-refractivity contribution >= 4 is 6.03 Å². The highest BCUT2D eigenvalue weighted by Gasteiger charge is 2.57. The van der Waals surface area contributed by atoms with Gasteiger partial charge < -0.3 is 19.9 Å². The maximum Gasteiger partial charge on any atom is 0.320 e. The van der Waals surface area contributed by atoms with Gasteiger partial charge in [0.15, 0.2) is 0 Å². The van der Waals surface area contributed by atoms with Crippen LogP contribution in [0, 0.1) is 5.92 Å². The topological polar surface area (TPSA) is 44.8 Å². The maximum absolute atomic E-state index is 13.1. The Morgan fingerprint density at radius 3 is 2.87 bits per heavy atom. The van der Waals surface area contributed by atoms with Gasteiger partial charge in [0.05, 0.1) is 11.6 Å². The summed E-state index contributed by atoms with van der Waals surface area (Å²) in [5.74, 6) is 0.750. The molecular formula is C18H31N3O2. The number of fused-ring (bicyclic) bond motifs is 1.